The molecule has 0 unspecified atom stereocenters. The van der Waals surface area contributed by atoms with Gasteiger partial charge in [0.2, 0.25) is 0 Å². The van der Waals surface area contributed by atoms with E-state index < -0.39 is 10.6 Å². The molecule has 0 rings (SSSR count). The van der Waals surface area contributed by atoms with Crippen LogP contribution in [0.15, 0.2) is 11.5 Å². The lowest BCUT2D eigenvalue weighted by Crippen LogP contribution is -2.01. The largest absolute Gasteiger partial charge is 0.491 e. The van der Waals surface area contributed by atoms with Crippen LogP contribution in [0.4, 0.5) is 0 Å². The van der Waals surface area contributed by atoms with Crippen molar-refractivity contribution >= 4 is 0 Å². The molecule has 0 aromatic heterocycles. The Morgan fingerprint density at radius 2 is 2.36 bits per heavy atom. The van der Waals surface area contributed by atoms with E-state index >= 15 is 0 Å². The van der Waals surface area contributed by atoms with Gasteiger partial charge >= 0.3 is 5.70 Å². The average molecular weight is 156 g/mol. The molecule has 0 saturated carbocycles. The highest BCUT2D eigenvalue weighted by atomic mass is 16.6. The van der Waals surface area contributed by atoms with Gasteiger partial charge in [-0.25, -0.2) is 0 Å². The van der Waals surface area contributed by atoms with Crippen LogP contribution >= 0.6 is 0 Å². The van der Waals surface area contributed by atoms with Gasteiger partial charge in [0.25, 0.3) is 0 Å². The number of rotatable bonds is 3. The first-order valence-electron chi connectivity index (χ1n) is 3.01. The lowest BCUT2D eigenvalue weighted by atomic mass is 10.4. The van der Waals surface area contributed by atoms with E-state index in [0.717, 1.165) is 0 Å². The van der Waals surface area contributed by atoms with Gasteiger partial charge in [-0.1, -0.05) is 0 Å². The number of nitro groups is 1. The second-order valence-electron chi connectivity index (χ2n) is 1.71. The van der Waals surface area contributed by atoms with Gasteiger partial charge in [0, 0.05) is 6.92 Å². The summed E-state index contributed by atoms with van der Waals surface area (Å²) in [5.41, 5.74) is -0.535. The molecule has 0 fully saturated rings. The molecule has 0 aliphatic heterocycles. The first-order chi connectivity index (χ1) is 5.13. The van der Waals surface area contributed by atoms with Crippen LogP contribution in [0.3, 0.4) is 0 Å². The van der Waals surface area contributed by atoms with E-state index in [9.17, 15) is 10.1 Å². The second-order valence-corrected chi connectivity index (χ2v) is 1.71. The zero-order valence-corrected chi connectivity index (χ0v) is 6.33. The maximum Gasteiger partial charge on any atom is 0.382 e. The van der Waals surface area contributed by atoms with Gasteiger partial charge in [0.15, 0.2) is 11.8 Å². The van der Waals surface area contributed by atoms with E-state index in [0.29, 0.717) is 6.61 Å². The Labute approximate surface area is 64.0 Å². The predicted octanol–water partition coefficient (Wildman–Crippen LogP) is 1.05. The highest BCUT2D eigenvalue weighted by Crippen LogP contribution is 2.04. The smallest absolute Gasteiger partial charge is 0.382 e. The SMILES string of the molecule is CCOC(C)=C(C#N)[N+](=O)[O-]. The Bertz CT molecular complexity index is 226. The summed E-state index contributed by atoms with van der Waals surface area (Å²) in [5.74, 6) is 0.0556. The van der Waals surface area contributed by atoms with E-state index in [4.69, 9.17) is 10.00 Å². The summed E-state index contributed by atoms with van der Waals surface area (Å²) in [6.45, 7) is 3.41. The molecule has 0 spiro atoms. The van der Waals surface area contributed by atoms with Crippen LogP contribution in [0, 0.1) is 21.4 Å². The number of hydrogen-bond acceptors (Lipinski definition) is 4. The number of nitriles is 1. The first-order valence-corrected chi connectivity index (χ1v) is 3.01. The van der Waals surface area contributed by atoms with Crippen molar-refractivity contribution in [3.05, 3.63) is 21.6 Å². The minimum absolute atomic E-state index is 0.0556. The molecule has 5 nitrogen and oxygen atoms in total. The average Bonchev–Trinajstić information content (AvgIpc) is 1.88. The maximum atomic E-state index is 10.1. The molecule has 5 heteroatoms. The monoisotopic (exact) mass is 156 g/mol. The topological polar surface area (TPSA) is 76.2 Å². The lowest BCUT2D eigenvalue weighted by Gasteiger charge is -1.98. The Morgan fingerprint density at radius 1 is 1.82 bits per heavy atom. The Balaban J connectivity index is 4.58. The number of ether oxygens (including phenoxy) is 1. The molecule has 0 N–H and O–H groups in total. The minimum Gasteiger partial charge on any atom is -0.491 e. The quantitative estimate of drug-likeness (QED) is 0.265. The van der Waals surface area contributed by atoms with E-state index in [1.54, 1.807) is 6.92 Å². The van der Waals surface area contributed by atoms with E-state index in [-0.39, 0.29) is 5.76 Å². The third-order valence-corrected chi connectivity index (χ3v) is 0.983. The van der Waals surface area contributed by atoms with Crippen molar-refractivity contribution in [2.45, 2.75) is 13.8 Å². The lowest BCUT2D eigenvalue weighted by molar-refractivity contribution is -0.420. The summed E-state index contributed by atoms with van der Waals surface area (Å²) < 4.78 is 4.77. The fourth-order valence-corrected chi connectivity index (χ4v) is 0.533. The highest BCUT2D eigenvalue weighted by molar-refractivity contribution is 5.14. The predicted molar refractivity (Wildman–Crippen MR) is 36.9 cm³/mol. The van der Waals surface area contributed by atoms with Gasteiger partial charge in [0.1, 0.15) is 0 Å². The van der Waals surface area contributed by atoms with Crippen molar-refractivity contribution in [2.75, 3.05) is 6.61 Å². The molecule has 0 atom stereocenters. The number of allylic oxidation sites excluding steroid dienone is 2. The maximum absolute atomic E-state index is 10.1. The molecule has 0 amide bonds. The molecule has 11 heavy (non-hydrogen) atoms. The van der Waals surface area contributed by atoms with Gasteiger partial charge in [-0.2, -0.15) is 5.26 Å². The summed E-state index contributed by atoms with van der Waals surface area (Å²) in [4.78, 5) is 9.33. The molecule has 0 aromatic rings. The third-order valence-electron chi connectivity index (χ3n) is 0.983. The van der Waals surface area contributed by atoms with Crippen molar-refractivity contribution in [3.8, 4) is 6.07 Å². The zero-order valence-electron chi connectivity index (χ0n) is 6.33. The summed E-state index contributed by atoms with van der Waals surface area (Å²) in [6, 6.07) is 1.44. The molecule has 0 bridgehead atoms. The second kappa shape index (κ2) is 4.28. The Morgan fingerprint density at radius 3 is 2.64 bits per heavy atom. The van der Waals surface area contributed by atoms with Crippen molar-refractivity contribution < 1.29 is 9.66 Å². The normalized spacial score (nSPS) is 11.4. The summed E-state index contributed by atoms with van der Waals surface area (Å²) in [5, 5.41) is 18.4. The Kier molecular flexibility index (Phi) is 3.67. The minimum atomic E-state index is -0.759. The first kappa shape index (κ1) is 9.43. The Hall–Kier alpha value is -1.57. The van der Waals surface area contributed by atoms with Gasteiger partial charge in [-0.3, -0.25) is 10.1 Å². The van der Waals surface area contributed by atoms with Crippen LogP contribution in [0.25, 0.3) is 0 Å². The van der Waals surface area contributed by atoms with Crippen LogP contribution < -0.4 is 0 Å². The molecule has 0 heterocycles. The van der Waals surface area contributed by atoms with Crippen LogP contribution in [0.2, 0.25) is 0 Å². The van der Waals surface area contributed by atoms with E-state index in [2.05, 4.69) is 0 Å². The molecule has 0 aliphatic rings. The molecule has 0 aliphatic carbocycles. The van der Waals surface area contributed by atoms with E-state index in [1.807, 2.05) is 0 Å². The molecule has 0 saturated heterocycles. The summed E-state index contributed by atoms with van der Waals surface area (Å²) in [7, 11) is 0. The van der Waals surface area contributed by atoms with Gasteiger partial charge < -0.3 is 4.74 Å². The zero-order chi connectivity index (χ0) is 8.85. The van der Waals surface area contributed by atoms with Gasteiger partial charge in [-0.15, -0.1) is 0 Å². The number of nitrogens with zero attached hydrogens (tertiary/aromatic N) is 2. The molecular formula is C6H8N2O3. The van der Waals surface area contributed by atoms with Crippen molar-refractivity contribution in [1.29, 1.82) is 5.26 Å². The fraction of sp³-hybridized carbons (Fsp3) is 0.500. The molecule has 60 valence electrons. The van der Waals surface area contributed by atoms with Crippen molar-refractivity contribution in [3.63, 3.8) is 0 Å². The summed E-state index contributed by atoms with van der Waals surface area (Å²) >= 11 is 0. The highest BCUT2D eigenvalue weighted by Gasteiger charge is 2.14. The standard InChI is InChI=1S/C6H8N2O3/c1-3-11-5(2)6(4-7)8(9)10/h3H2,1-2H3. The summed E-state index contributed by atoms with van der Waals surface area (Å²) in [6.07, 6.45) is 0. The van der Waals surface area contributed by atoms with Crippen molar-refractivity contribution in [2.24, 2.45) is 0 Å². The van der Waals surface area contributed by atoms with Gasteiger partial charge in [0.05, 0.1) is 11.5 Å². The third kappa shape index (κ3) is 2.67. The molecule has 0 radical (unpaired) electrons. The van der Waals surface area contributed by atoms with Crippen LogP contribution in [-0.4, -0.2) is 11.5 Å². The van der Waals surface area contributed by atoms with E-state index in [1.165, 1.54) is 13.0 Å². The molecule has 0 aromatic carbocycles. The molecular weight excluding hydrogens is 148 g/mol. The van der Waals surface area contributed by atoms with Crippen LogP contribution in [-0.2, 0) is 4.74 Å². The van der Waals surface area contributed by atoms with Gasteiger partial charge in [-0.05, 0) is 6.92 Å². The number of hydrogen-bond donors (Lipinski definition) is 0. The van der Waals surface area contributed by atoms with Crippen molar-refractivity contribution in [1.82, 2.24) is 0 Å². The fourth-order valence-electron chi connectivity index (χ4n) is 0.533. The van der Waals surface area contributed by atoms with Crippen LogP contribution in [0.1, 0.15) is 13.8 Å². The van der Waals surface area contributed by atoms with Crippen LogP contribution in [0.5, 0.6) is 0 Å².